The lowest BCUT2D eigenvalue weighted by molar-refractivity contribution is -0.135. The van der Waals surface area contributed by atoms with Gasteiger partial charge in [-0.15, -0.1) is 0 Å². The number of carbonyl (C=O) groups is 2. The third-order valence-corrected chi connectivity index (χ3v) is 6.45. The number of rotatable bonds is 5. The largest absolute Gasteiger partial charge is 0.352 e. The molecule has 2 amide bonds. The fourth-order valence-electron chi connectivity index (χ4n) is 4.59. The van der Waals surface area contributed by atoms with Gasteiger partial charge in [-0.25, -0.2) is 0 Å². The zero-order chi connectivity index (χ0) is 17.8. The molecular weight excluding hydrogens is 316 g/mol. The fraction of sp³-hybridized carbons (Fsp3) is 0.895. The molecule has 0 aromatic carbocycles. The van der Waals surface area contributed by atoms with Crippen LogP contribution in [0.4, 0.5) is 0 Å². The van der Waals surface area contributed by atoms with Crippen molar-refractivity contribution >= 4 is 11.8 Å². The van der Waals surface area contributed by atoms with Gasteiger partial charge < -0.3 is 16.0 Å². The Morgan fingerprint density at radius 2 is 1.72 bits per heavy atom. The molecule has 1 saturated heterocycles. The molecule has 3 N–H and O–H groups in total. The summed E-state index contributed by atoms with van der Waals surface area (Å²) in [5, 5.41) is 3.19. The van der Waals surface area contributed by atoms with Crippen LogP contribution < -0.4 is 11.1 Å². The number of nitrogens with one attached hydrogen (secondary N) is 1. The van der Waals surface area contributed by atoms with Gasteiger partial charge in [-0.3, -0.25) is 14.5 Å². The number of amides is 2. The van der Waals surface area contributed by atoms with Crippen LogP contribution in [0, 0.1) is 5.92 Å². The maximum Gasteiger partial charge on any atom is 0.237 e. The summed E-state index contributed by atoms with van der Waals surface area (Å²) in [6.45, 7) is 4.99. The second-order valence-electron chi connectivity index (χ2n) is 8.14. The lowest BCUT2D eigenvalue weighted by Crippen LogP contribution is -2.56. The van der Waals surface area contributed by atoms with E-state index in [0.717, 1.165) is 58.3 Å². The van der Waals surface area contributed by atoms with Crippen LogP contribution in [0.3, 0.4) is 0 Å². The van der Waals surface area contributed by atoms with Crippen molar-refractivity contribution in [1.82, 2.24) is 15.1 Å². The molecule has 0 radical (unpaired) electrons. The molecule has 2 aliphatic carbocycles. The van der Waals surface area contributed by atoms with Crippen molar-refractivity contribution in [1.29, 1.82) is 0 Å². The summed E-state index contributed by atoms with van der Waals surface area (Å²) in [5.74, 6) is 0.746. The van der Waals surface area contributed by atoms with Gasteiger partial charge in [-0.05, 0) is 38.5 Å². The predicted octanol–water partition coefficient (Wildman–Crippen LogP) is 1.10. The van der Waals surface area contributed by atoms with Gasteiger partial charge in [0, 0.05) is 44.7 Å². The Bertz CT molecular complexity index is 470. The first-order valence-electron chi connectivity index (χ1n) is 10.1. The predicted molar refractivity (Wildman–Crippen MR) is 97.9 cm³/mol. The van der Waals surface area contributed by atoms with Crippen molar-refractivity contribution in [3.63, 3.8) is 0 Å². The van der Waals surface area contributed by atoms with E-state index in [1.807, 2.05) is 11.8 Å². The molecule has 1 unspecified atom stereocenters. The first-order chi connectivity index (χ1) is 12.0. The van der Waals surface area contributed by atoms with Gasteiger partial charge in [-0.2, -0.15) is 0 Å². The number of carbonyl (C=O) groups excluding carboxylic acids is 2. The van der Waals surface area contributed by atoms with E-state index in [0.29, 0.717) is 18.4 Å². The molecule has 2 saturated carbocycles. The zero-order valence-corrected chi connectivity index (χ0v) is 15.6. The molecule has 1 aliphatic heterocycles. The second kappa shape index (κ2) is 8.49. The average Bonchev–Trinajstić information content (AvgIpc) is 3.26. The minimum Gasteiger partial charge on any atom is -0.352 e. The normalized spacial score (nSPS) is 29.8. The SMILES string of the molecule is CC(C(=O)NC1CCCC1)N1CCN(C(=O)C[C@@H]2CCC[C@H]2N)CC1. The molecule has 0 spiro atoms. The first-order valence-corrected chi connectivity index (χ1v) is 10.1. The number of hydrogen-bond acceptors (Lipinski definition) is 4. The van der Waals surface area contributed by atoms with Crippen molar-refractivity contribution in [2.75, 3.05) is 26.2 Å². The first kappa shape index (κ1) is 18.6. The van der Waals surface area contributed by atoms with Crippen LogP contribution in [-0.4, -0.2) is 65.9 Å². The van der Waals surface area contributed by atoms with Crippen molar-refractivity contribution < 1.29 is 9.59 Å². The van der Waals surface area contributed by atoms with Crippen LogP contribution in [0.15, 0.2) is 0 Å². The molecule has 0 aromatic heterocycles. The number of piperazine rings is 1. The molecule has 3 atom stereocenters. The van der Waals surface area contributed by atoms with E-state index in [-0.39, 0.29) is 23.9 Å². The highest BCUT2D eigenvalue weighted by Gasteiger charge is 2.31. The van der Waals surface area contributed by atoms with E-state index >= 15 is 0 Å². The molecule has 6 nitrogen and oxygen atoms in total. The quantitative estimate of drug-likeness (QED) is 0.778. The Morgan fingerprint density at radius 1 is 1.04 bits per heavy atom. The van der Waals surface area contributed by atoms with E-state index in [9.17, 15) is 9.59 Å². The minimum absolute atomic E-state index is 0.110. The van der Waals surface area contributed by atoms with E-state index in [1.54, 1.807) is 0 Å². The van der Waals surface area contributed by atoms with Crippen LogP contribution >= 0.6 is 0 Å². The van der Waals surface area contributed by atoms with Gasteiger partial charge in [-0.1, -0.05) is 19.3 Å². The topological polar surface area (TPSA) is 78.7 Å². The maximum absolute atomic E-state index is 12.5. The van der Waals surface area contributed by atoms with Crippen molar-refractivity contribution in [3.8, 4) is 0 Å². The van der Waals surface area contributed by atoms with Crippen molar-refractivity contribution in [3.05, 3.63) is 0 Å². The van der Waals surface area contributed by atoms with E-state index < -0.39 is 0 Å². The van der Waals surface area contributed by atoms with Gasteiger partial charge in [0.15, 0.2) is 0 Å². The molecule has 6 heteroatoms. The summed E-state index contributed by atoms with van der Waals surface area (Å²) >= 11 is 0. The fourth-order valence-corrected chi connectivity index (χ4v) is 4.59. The molecule has 3 fully saturated rings. The number of nitrogens with two attached hydrogens (primary N) is 1. The minimum atomic E-state index is -0.110. The lowest BCUT2D eigenvalue weighted by Gasteiger charge is -2.38. The van der Waals surface area contributed by atoms with Gasteiger partial charge in [0.1, 0.15) is 0 Å². The Labute approximate surface area is 151 Å². The number of hydrogen-bond donors (Lipinski definition) is 2. The van der Waals surface area contributed by atoms with Crippen molar-refractivity contribution in [2.45, 2.75) is 76.4 Å². The van der Waals surface area contributed by atoms with Crippen LogP contribution in [0.25, 0.3) is 0 Å². The Kier molecular flexibility index (Phi) is 6.34. The molecule has 3 aliphatic rings. The molecule has 0 aromatic rings. The lowest BCUT2D eigenvalue weighted by atomic mass is 9.99. The van der Waals surface area contributed by atoms with E-state index in [2.05, 4.69) is 10.2 Å². The third-order valence-electron chi connectivity index (χ3n) is 6.45. The van der Waals surface area contributed by atoms with Crippen molar-refractivity contribution in [2.24, 2.45) is 11.7 Å². The molecule has 1 heterocycles. The third kappa shape index (κ3) is 4.73. The van der Waals surface area contributed by atoms with Gasteiger partial charge >= 0.3 is 0 Å². The van der Waals surface area contributed by atoms with E-state index in [1.165, 1.54) is 12.8 Å². The monoisotopic (exact) mass is 350 g/mol. The highest BCUT2D eigenvalue weighted by atomic mass is 16.2. The maximum atomic E-state index is 12.5. The highest BCUT2D eigenvalue weighted by molar-refractivity contribution is 5.81. The Balaban J connectivity index is 1.41. The Morgan fingerprint density at radius 3 is 2.32 bits per heavy atom. The van der Waals surface area contributed by atoms with Crippen LogP contribution in [0.1, 0.15) is 58.3 Å². The molecule has 3 rings (SSSR count). The average molecular weight is 351 g/mol. The molecule has 25 heavy (non-hydrogen) atoms. The summed E-state index contributed by atoms with van der Waals surface area (Å²) in [4.78, 5) is 29.1. The molecular formula is C19H34N4O2. The zero-order valence-electron chi connectivity index (χ0n) is 15.6. The summed E-state index contributed by atoms with van der Waals surface area (Å²) in [6.07, 6.45) is 8.58. The van der Waals surface area contributed by atoms with Gasteiger partial charge in [0.25, 0.3) is 0 Å². The van der Waals surface area contributed by atoms with Crippen LogP contribution in [0.5, 0.6) is 0 Å². The van der Waals surface area contributed by atoms with E-state index in [4.69, 9.17) is 5.73 Å². The molecule has 0 bridgehead atoms. The van der Waals surface area contributed by atoms with Gasteiger partial charge in [0.05, 0.1) is 6.04 Å². The summed E-state index contributed by atoms with van der Waals surface area (Å²) in [6, 6.07) is 0.457. The highest BCUT2D eigenvalue weighted by Crippen LogP contribution is 2.27. The smallest absolute Gasteiger partial charge is 0.237 e. The summed E-state index contributed by atoms with van der Waals surface area (Å²) < 4.78 is 0. The summed E-state index contributed by atoms with van der Waals surface area (Å²) in [5.41, 5.74) is 6.10. The standard InChI is InChI=1S/C19H34N4O2/c1-14(19(25)21-16-6-2-3-7-16)22-9-11-23(12-10-22)18(24)13-15-5-4-8-17(15)20/h14-17H,2-13,20H2,1H3,(H,21,25)/t14?,15-,17+/m0/s1. The molecule has 142 valence electrons. The van der Waals surface area contributed by atoms with Gasteiger partial charge in [0.2, 0.25) is 11.8 Å². The van der Waals surface area contributed by atoms with Crippen LogP contribution in [0.2, 0.25) is 0 Å². The number of nitrogens with zero attached hydrogens (tertiary/aromatic N) is 2. The Hall–Kier alpha value is -1.14. The second-order valence-corrected chi connectivity index (χ2v) is 8.14. The summed E-state index contributed by atoms with van der Waals surface area (Å²) in [7, 11) is 0. The van der Waals surface area contributed by atoms with Crippen LogP contribution in [-0.2, 0) is 9.59 Å².